The number of anilines is 1. The Morgan fingerprint density at radius 2 is 1.77 bits per heavy atom. The number of non-ortho nitro benzene ring substituents is 1. The molecule has 0 radical (unpaired) electrons. The summed E-state index contributed by atoms with van der Waals surface area (Å²) in [5.74, 6) is -0.875. The van der Waals surface area contributed by atoms with Crippen LogP contribution in [0.2, 0.25) is 10.0 Å². The van der Waals surface area contributed by atoms with Crippen LogP contribution >= 0.6 is 23.2 Å². The molecule has 0 saturated heterocycles. The van der Waals surface area contributed by atoms with Gasteiger partial charge in [0.1, 0.15) is 0 Å². The Bertz CT molecular complexity index is 1300. The highest BCUT2D eigenvalue weighted by atomic mass is 35.5. The molecule has 3 rings (SSSR count). The van der Waals surface area contributed by atoms with E-state index in [-0.39, 0.29) is 39.6 Å². The fraction of sp³-hybridized carbons (Fsp3) is 0.125. The number of nitro groups is 1. The molecule has 0 heterocycles. The number of hydrazone groups is 1. The number of ether oxygens (including phenoxy) is 1. The van der Waals surface area contributed by atoms with Crippen LogP contribution in [0.5, 0.6) is 5.75 Å². The molecular weight excluding hydrogens is 495 g/mol. The van der Waals surface area contributed by atoms with Crippen LogP contribution in [0, 0.1) is 24.0 Å². The number of hydrogen-bond acceptors (Lipinski definition) is 6. The number of carbonyl (C=O) groups is 2. The van der Waals surface area contributed by atoms with Crippen LogP contribution in [0.15, 0.2) is 59.7 Å². The van der Waals surface area contributed by atoms with Gasteiger partial charge in [0.25, 0.3) is 17.5 Å². The first-order valence-electron chi connectivity index (χ1n) is 10.2. The molecule has 3 aromatic carbocycles. The maximum atomic E-state index is 12.3. The molecule has 0 bridgehead atoms. The van der Waals surface area contributed by atoms with Crippen molar-refractivity contribution < 1.29 is 19.2 Å². The molecule has 2 amide bonds. The van der Waals surface area contributed by atoms with Gasteiger partial charge in [0, 0.05) is 23.4 Å². The highest BCUT2D eigenvalue weighted by Gasteiger charge is 2.13. The van der Waals surface area contributed by atoms with Crippen molar-refractivity contribution in [1.29, 1.82) is 0 Å². The number of hydrogen-bond donors (Lipinski definition) is 2. The van der Waals surface area contributed by atoms with Crippen molar-refractivity contribution in [3.63, 3.8) is 0 Å². The second kappa shape index (κ2) is 11.5. The maximum Gasteiger partial charge on any atom is 0.271 e. The smallest absolute Gasteiger partial charge is 0.271 e. The second-order valence-electron chi connectivity index (χ2n) is 7.40. The monoisotopic (exact) mass is 514 g/mol. The third-order valence-corrected chi connectivity index (χ3v) is 5.51. The number of nitro benzene ring substituents is 1. The molecule has 9 nitrogen and oxygen atoms in total. The summed E-state index contributed by atoms with van der Waals surface area (Å²) in [4.78, 5) is 34.7. The van der Waals surface area contributed by atoms with Gasteiger partial charge in [-0.2, -0.15) is 5.10 Å². The van der Waals surface area contributed by atoms with E-state index in [4.69, 9.17) is 27.9 Å². The summed E-state index contributed by atoms with van der Waals surface area (Å²) < 4.78 is 5.51. The van der Waals surface area contributed by atoms with E-state index >= 15 is 0 Å². The first-order valence-corrected chi connectivity index (χ1v) is 11.0. The van der Waals surface area contributed by atoms with Crippen LogP contribution in [-0.4, -0.2) is 29.6 Å². The minimum atomic E-state index is -0.628. The largest absolute Gasteiger partial charge is 0.481 e. The van der Waals surface area contributed by atoms with Crippen LogP contribution < -0.4 is 15.5 Å². The number of nitrogens with zero attached hydrogens (tertiary/aromatic N) is 2. The van der Waals surface area contributed by atoms with Gasteiger partial charge in [0.15, 0.2) is 12.4 Å². The Labute approximate surface area is 210 Å². The standard InChI is InChI=1S/C24H20Cl2N4O5/c1-14-5-3-8-21(15(14)2)28-22(31)13-35-23-19(25)9-16(10-20(23)26)12-27-29-24(32)17-6-4-7-18(11-17)30(33)34/h3-12H,13H2,1-2H3,(H,28,31)(H,29,32)/b27-12+. The van der Waals surface area contributed by atoms with E-state index in [0.717, 1.165) is 17.2 Å². The van der Waals surface area contributed by atoms with Crippen LogP contribution in [0.3, 0.4) is 0 Å². The van der Waals surface area contributed by atoms with E-state index < -0.39 is 10.8 Å². The Balaban J connectivity index is 1.61. The summed E-state index contributed by atoms with van der Waals surface area (Å²) in [7, 11) is 0. The molecular formula is C24H20Cl2N4O5. The van der Waals surface area contributed by atoms with Gasteiger partial charge in [-0.05, 0) is 54.8 Å². The summed E-state index contributed by atoms with van der Waals surface area (Å²) in [5, 5.41) is 17.7. The molecule has 0 fully saturated rings. The van der Waals surface area contributed by atoms with Crippen molar-refractivity contribution in [2.75, 3.05) is 11.9 Å². The number of nitrogens with one attached hydrogen (secondary N) is 2. The molecule has 0 saturated carbocycles. The van der Waals surface area contributed by atoms with Gasteiger partial charge in [-0.25, -0.2) is 5.43 Å². The fourth-order valence-corrected chi connectivity index (χ4v) is 3.61. The summed E-state index contributed by atoms with van der Waals surface area (Å²) in [5.41, 5.74) is 5.29. The zero-order valence-corrected chi connectivity index (χ0v) is 20.2. The normalized spacial score (nSPS) is 10.7. The topological polar surface area (TPSA) is 123 Å². The van der Waals surface area contributed by atoms with Crippen molar-refractivity contribution in [2.24, 2.45) is 5.10 Å². The lowest BCUT2D eigenvalue weighted by Gasteiger charge is -2.13. The molecule has 0 unspecified atom stereocenters. The van der Waals surface area contributed by atoms with Crippen molar-refractivity contribution in [2.45, 2.75) is 13.8 Å². The van der Waals surface area contributed by atoms with E-state index in [1.165, 1.54) is 36.5 Å². The fourth-order valence-electron chi connectivity index (χ4n) is 2.99. The van der Waals surface area contributed by atoms with E-state index in [9.17, 15) is 19.7 Å². The minimum absolute atomic E-state index is 0.0790. The lowest BCUT2D eigenvalue weighted by atomic mass is 10.1. The van der Waals surface area contributed by atoms with Crippen LogP contribution in [-0.2, 0) is 4.79 Å². The first-order chi connectivity index (χ1) is 16.7. The van der Waals surface area contributed by atoms with Crippen molar-refractivity contribution in [3.8, 4) is 5.75 Å². The van der Waals surface area contributed by atoms with Crippen LogP contribution in [0.1, 0.15) is 27.0 Å². The van der Waals surface area contributed by atoms with Crippen molar-refractivity contribution in [3.05, 3.63) is 97.0 Å². The summed E-state index contributed by atoms with van der Waals surface area (Å²) in [6, 6.07) is 13.8. The second-order valence-corrected chi connectivity index (χ2v) is 8.22. The molecule has 0 aromatic heterocycles. The zero-order chi connectivity index (χ0) is 25.5. The van der Waals surface area contributed by atoms with Gasteiger partial charge in [0.2, 0.25) is 0 Å². The average Bonchev–Trinajstić information content (AvgIpc) is 2.81. The summed E-state index contributed by atoms with van der Waals surface area (Å²) in [6.07, 6.45) is 1.30. The Hall–Kier alpha value is -3.95. The molecule has 0 aliphatic carbocycles. The Kier molecular flexibility index (Phi) is 8.40. The zero-order valence-electron chi connectivity index (χ0n) is 18.7. The molecule has 35 heavy (non-hydrogen) atoms. The van der Waals surface area contributed by atoms with Gasteiger partial charge in [-0.15, -0.1) is 0 Å². The minimum Gasteiger partial charge on any atom is -0.481 e. The number of amides is 2. The molecule has 0 aliphatic heterocycles. The summed E-state index contributed by atoms with van der Waals surface area (Å²) in [6.45, 7) is 3.55. The average molecular weight is 515 g/mol. The molecule has 3 aromatic rings. The van der Waals surface area contributed by atoms with Gasteiger partial charge >= 0.3 is 0 Å². The van der Waals surface area contributed by atoms with E-state index in [2.05, 4.69) is 15.8 Å². The lowest BCUT2D eigenvalue weighted by Crippen LogP contribution is -2.21. The Morgan fingerprint density at radius 1 is 1.09 bits per heavy atom. The van der Waals surface area contributed by atoms with Crippen molar-refractivity contribution >= 4 is 52.6 Å². The molecule has 180 valence electrons. The number of aryl methyl sites for hydroxylation is 1. The molecule has 2 N–H and O–H groups in total. The van der Waals surface area contributed by atoms with E-state index in [1.54, 1.807) is 6.07 Å². The maximum absolute atomic E-state index is 12.3. The van der Waals surface area contributed by atoms with Gasteiger partial charge in [0.05, 0.1) is 21.2 Å². The SMILES string of the molecule is Cc1cccc(NC(=O)COc2c(Cl)cc(/C=N/NC(=O)c3cccc([N+](=O)[O-])c3)cc2Cl)c1C. The molecule has 0 atom stereocenters. The number of rotatable bonds is 8. The predicted octanol–water partition coefficient (Wildman–Crippen LogP) is 5.30. The third-order valence-electron chi connectivity index (χ3n) is 4.95. The van der Waals surface area contributed by atoms with Crippen LogP contribution in [0.4, 0.5) is 11.4 Å². The van der Waals surface area contributed by atoms with Crippen molar-refractivity contribution in [1.82, 2.24) is 5.43 Å². The van der Waals surface area contributed by atoms with Gasteiger partial charge in [-0.3, -0.25) is 19.7 Å². The van der Waals surface area contributed by atoms with E-state index in [1.807, 2.05) is 26.0 Å². The van der Waals surface area contributed by atoms with Crippen LogP contribution in [0.25, 0.3) is 0 Å². The first kappa shape index (κ1) is 25.7. The molecule has 11 heteroatoms. The third kappa shape index (κ3) is 6.78. The van der Waals surface area contributed by atoms with E-state index in [0.29, 0.717) is 11.3 Å². The summed E-state index contributed by atoms with van der Waals surface area (Å²) >= 11 is 12.5. The number of carbonyl (C=O) groups excluding carboxylic acids is 2. The lowest BCUT2D eigenvalue weighted by molar-refractivity contribution is -0.384. The van der Waals surface area contributed by atoms with Gasteiger partial charge < -0.3 is 10.1 Å². The molecule has 0 aliphatic rings. The number of benzene rings is 3. The Morgan fingerprint density at radius 3 is 2.46 bits per heavy atom. The number of halogens is 2. The molecule has 0 spiro atoms. The highest BCUT2D eigenvalue weighted by molar-refractivity contribution is 6.37. The predicted molar refractivity (Wildman–Crippen MR) is 135 cm³/mol. The highest BCUT2D eigenvalue weighted by Crippen LogP contribution is 2.34. The quantitative estimate of drug-likeness (QED) is 0.240. The van der Waals surface area contributed by atoms with Gasteiger partial charge in [-0.1, -0.05) is 41.4 Å².